The molecule has 0 aliphatic carbocycles. The molecule has 0 atom stereocenters. The third kappa shape index (κ3) is 24.6. The Labute approximate surface area is 248 Å². The van der Waals surface area contributed by atoms with Crippen molar-refractivity contribution in [1.82, 2.24) is 4.98 Å². The van der Waals surface area contributed by atoms with Gasteiger partial charge in [-0.05, 0) is 77.1 Å². The maximum atomic E-state index is 7.93. The van der Waals surface area contributed by atoms with Crippen molar-refractivity contribution < 1.29 is 0 Å². The number of hydrogen-bond donors (Lipinski definition) is 1. The molecular weight excluding hydrogens is 484 g/mol. The lowest BCUT2D eigenvalue weighted by Crippen LogP contribution is -1.85. The molecule has 2 heteroatoms. The van der Waals surface area contributed by atoms with Crippen LogP contribution in [0.5, 0.6) is 0 Å². The Morgan fingerprint density at radius 2 is 1.50 bits per heavy atom. The van der Waals surface area contributed by atoms with Crippen LogP contribution in [-0.2, 0) is 6.42 Å². The molecule has 40 heavy (non-hydrogen) atoms. The molecule has 1 heterocycles. The summed E-state index contributed by atoms with van der Waals surface area (Å²) < 4.78 is 0. The number of aromatic amines is 1. The number of nitrogens with zero attached hydrogens (tertiary/aromatic N) is 1. The topological polar surface area (TPSA) is 39.6 Å². The molecule has 1 N–H and O–H groups in total. The summed E-state index contributed by atoms with van der Waals surface area (Å²) >= 11 is 0. The minimum atomic E-state index is 0.486. The van der Waals surface area contributed by atoms with Crippen molar-refractivity contribution in [3.8, 4) is 18.9 Å². The van der Waals surface area contributed by atoms with E-state index in [0.29, 0.717) is 6.42 Å². The van der Waals surface area contributed by atoms with Gasteiger partial charge in [0, 0.05) is 17.1 Å². The van der Waals surface area contributed by atoms with Crippen LogP contribution in [0.1, 0.15) is 92.3 Å². The molecule has 0 aliphatic rings. The van der Waals surface area contributed by atoms with Crippen LogP contribution in [0.3, 0.4) is 0 Å². The van der Waals surface area contributed by atoms with E-state index in [1.54, 1.807) is 0 Å². The molecule has 2 nitrogen and oxygen atoms in total. The Hall–Kier alpha value is -3.75. The Bertz CT molecular complexity index is 1100. The number of terminal acetylenes is 1. The first kappa shape index (κ1) is 43.3. The highest BCUT2D eigenvalue weighted by Gasteiger charge is 1.93. The normalized spacial score (nSPS) is 9.20. The maximum absolute atomic E-state index is 7.93. The Kier molecular flexibility index (Phi) is 34.1. The number of benzene rings is 2. The van der Waals surface area contributed by atoms with Crippen LogP contribution in [-0.4, -0.2) is 4.98 Å². The van der Waals surface area contributed by atoms with Crippen molar-refractivity contribution in [3.63, 3.8) is 0 Å². The van der Waals surface area contributed by atoms with Gasteiger partial charge in [0.1, 0.15) is 0 Å². The summed E-state index contributed by atoms with van der Waals surface area (Å²) in [7, 11) is 0. The predicted octanol–water partition coefficient (Wildman–Crippen LogP) is 12.0. The van der Waals surface area contributed by atoms with Crippen LogP contribution in [0.4, 0.5) is 0 Å². The highest BCUT2D eigenvalue weighted by atomic mass is 14.7. The number of allylic oxidation sites excluding steroid dienone is 5. The molecular formula is C38H58N2. The molecule has 0 bridgehead atoms. The van der Waals surface area contributed by atoms with E-state index in [1.165, 1.54) is 33.2 Å². The summed E-state index contributed by atoms with van der Waals surface area (Å²) in [6.45, 7) is 28.3. The molecule has 2 aromatic carbocycles. The van der Waals surface area contributed by atoms with Crippen LogP contribution in [0.25, 0.3) is 10.9 Å². The number of fused-ring (bicyclic) bond motifs is 1. The average molecular weight is 543 g/mol. The monoisotopic (exact) mass is 542 g/mol. The summed E-state index contributed by atoms with van der Waals surface area (Å²) in [5.41, 5.74) is 7.67. The zero-order chi connectivity index (χ0) is 31.9. The van der Waals surface area contributed by atoms with Gasteiger partial charge < -0.3 is 4.98 Å². The second kappa shape index (κ2) is 31.5. The van der Waals surface area contributed by atoms with E-state index in [0.717, 1.165) is 17.9 Å². The lowest BCUT2D eigenvalue weighted by atomic mass is 10.1. The fourth-order valence-electron chi connectivity index (χ4n) is 2.69. The van der Waals surface area contributed by atoms with Gasteiger partial charge >= 0.3 is 0 Å². The van der Waals surface area contributed by atoms with Gasteiger partial charge in [-0.25, -0.2) is 0 Å². The summed E-state index contributed by atoms with van der Waals surface area (Å²) in [4.78, 5) is 3.16. The van der Waals surface area contributed by atoms with Crippen LogP contribution in [0.15, 0.2) is 90.7 Å². The van der Waals surface area contributed by atoms with E-state index in [-0.39, 0.29) is 0 Å². The molecule has 0 unspecified atom stereocenters. The molecule has 0 aliphatic heterocycles. The highest BCUT2D eigenvalue weighted by Crippen LogP contribution is 2.15. The van der Waals surface area contributed by atoms with Crippen molar-refractivity contribution in [2.45, 2.75) is 95.9 Å². The summed E-state index contributed by atoms with van der Waals surface area (Å²) in [6, 6.07) is 19.0. The second-order valence-electron chi connectivity index (χ2n) is 8.75. The van der Waals surface area contributed by atoms with Crippen molar-refractivity contribution >= 4 is 10.9 Å². The molecule has 3 rings (SSSR count). The molecule has 0 saturated carbocycles. The Morgan fingerprint density at radius 1 is 0.950 bits per heavy atom. The lowest BCUT2D eigenvalue weighted by molar-refractivity contribution is 0.767. The third-order valence-electron chi connectivity index (χ3n) is 5.27. The van der Waals surface area contributed by atoms with E-state index in [1.807, 2.05) is 53.8 Å². The molecule has 3 aromatic rings. The van der Waals surface area contributed by atoms with E-state index >= 15 is 0 Å². The second-order valence-corrected chi connectivity index (χ2v) is 8.75. The summed E-state index contributed by atoms with van der Waals surface area (Å²) in [5.74, 6) is 0.727. The minimum absolute atomic E-state index is 0.486. The third-order valence-corrected chi connectivity index (χ3v) is 5.27. The first-order chi connectivity index (χ1) is 19.2. The zero-order valence-corrected chi connectivity index (χ0v) is 27.7. The first-order valence-corrected chi connectivity index (χ1v) is 14.3. The maximum Gasteiger partial charge on any atom is 0.0665 e. The Balaban J connectivity index is -0.000000208. The van der Waals surface area contributed by atoms with Crippen LogP contribution < -0.4 is 0 Å². The van der Waals surface area contributed by atoms with Gasteiger partial charge in [0.25, 0.3) is 0 Å². The summed E-state index contributed by atoms with van der Waals surface area (Å²) in [5, 5.41) is 9.25. The minimum Gasteiger partial charge on any atom is -0.361 e. The Morgan fingerprint density at radius 3 is 1.85 bits per heavy atom. The van der Waals surface area contributed by atoms with Gasteiger partial charge in [0.05, 0.1) is 12.5 Å². The molecule has 0 amide bonds. The molecule has 0 radical (unpaired) electrons. The molecule has 1 aromatic heterocycles. The van der Waals surface area contributed by atoms with Gasteiger partial charge in [-0.15, -0.1) is 12.8 Å². The van der Waals surface area contributed by atoms with Crippen molar-refractivity contribution in [2.24, 2.45) is 5.92 Å². The summed E-state index contributed by atoms with van der Waals surface area (Å²) in [6.07, 6.45) is 17.9. The predicted molar refractivity (Wildman–Crippen MR) is 185 cm³/mol. The van der Waals surface area contributed by atoms with Crippen LogP contribution in [0, 0.1) is 43.9 Å². The van der Waals surface area contributed by atoms with Gasteiger partial charge in [0.15, 0.2) is 0 Å². The first-order valence-electron chi connectivity index (χ1n) is 14.3. The SMILES string of the molecule is C#C.C/C=C(/C)C(C)C.C/C=C/Cc1ccc(C)cc1.C=C(C)CC#N.CC.CC.Cc1cccc2[nH]ccc12. The number of aryl methyl sites for hydroxylation is 2. The fourth-order valence-corrected chi connectivity index (χ4v) is 2.69. The van der Waals surface area contributed by atoms with Gasteiger partial charge in [-0.2, -0.15) is 5.26 Å². The van der Waals surface area contributed by atoms with E-state index in [4.69, 9.17) is 5.26 Å². The van der Waals surface area contributed by atoms with E-state index in [9.17, 15) is 0 Å². The van der Waals surface area contributed by atoms with Gasteiger partial charge in [0.2, 0.25) is 0 Å². The largest absolute Gasteiger partial charge is 0.361 e. The molecule has 0 spiro atoms. The van der Waals surface area contributed by atoms with Gasteiger partial charge in [-0.1, -0.05) is 119 Å². The molecule has 0 fully saturated rings. The quantitative estimate of drug-likeness (QED) is 0.258. The van der Waals surface area contributed by atoms with E-state index < -0.39 is 0 Å². The number of rotatable bonds is 4. The van der Waals surface area contributed by atoms with Crippen LogP contribution in [0.2, 0.25) is 0 Å². The standard InChI is InChI=1S/C11H14.C9H9N.C7H14.C5H7N.2C2H6.C2H2/c1-3-4-5-11-8-6-10(2)7-9-11;1-7-3-2-4-9-8(7)5-6-10-9;1-5-7(4)6(2)3;1-5(2)3-4-6;3*1-2/h3-4,6-9H,5H2,1-2H3;2-6,10H,1H3;5-6H,1-4H3;1,3H2,2H3;2*1-2H3;1-2H/b4-3+;;7-5-;;;;. The smallest absolute Gasteiger partial charge is 0.0665 e. The fraction of sp³-hybridized carbons (Fsp3) is 0.395. The van der Waals surface area contributed by atoms with E-state index in [2.05, 4.69) is 133 Å². The number of nitrogens with one attached hydrogen (secondary N) is 1. The highest BCUT2D eigenvalue weighted by molar-refractivity contribution is 5.82. The van der Waals surface area contributed by atoms with Gasteiger partial charge in [-0.3, -0.25) is 0 Å². The lowest BCUT2D eigenvalue weighted by Gasteiger charge is -2.00. The number of aromatic nitrogens is 1. The number of H-pyrrole nitrogens is 1. The van der Waals surface area contributed by atoms with Crippen LogP contribution >= 0.6 is 0 Å². The zero-order valence-electron chi connectivity index (χ0n) is 27.7. The number of nitriles is 1. The molecule has 220 valence electrons. The van der Waals surface area contributed by atoms with Crippen molar-refractivity contribution in [1.29, 1.82) is 5.26 Å². The van der Waals surface area contributed by atoms with Crippen molar-refractivity contribution in [2.75, 3.05) is 0 Å². The molecule has 0 saturated heterocycles. The average Bonchev–Trinajstić information content (AvgIpc) is 3.47. The van der Waals surface area contributed by atoms with Crippen molar-refractivity contribution in [3.05, 3.63) is 107 Å². The number of hydrogen-bond acceptors (Lipinski definition) is 1.